The van der Waals surface area contributed by atoms with Crippen LogP contribution in [0.1, 0.15) is 12.8 Å². The highest BCUT2D eigenvalue weighted by molar-refractivity contribution is 7.89. The first-order valence-corrected chi connectivity index (χ1v) is 11.9. The van der Waals surface area contributed by atoms with Gasteiger partial charge < -0.3 is 10.1 Å². The van der Waals surface area contributed by atoms with Gasteiger partial charge in [0.1, 0.15) is 5.75 Å². The van der Waals surface area contributed by atoms with Gasteiger partial charge in [-0.1, -0.05) is 6.07 Å². The molecule has 1 saturated heterocycles. The van der Waals surface area contributed by atoms with E-state index in [9.17, 15) is 26.4 Å². The minimum atomic E-state index is -4.92. The summed E-state index contributed by atoms with van der Waals surface area (Å²) in [5.74, 6) is -1.20. The quantitative estimate of drug-likeness (QED) is 0.584. The molecule has 4 rings (SSSR count). The first kappa shape index (κ1) is 22.5. The number of thiazole rings is 1. The summed E-state index contributed by atoms with van der Waals surface area (Å²) in [4.78, 5) is 16.5. The predicted molar refractivity (Wildman–Crippen MR) is 113 cm³/mol. The second kappa shape index (κ2) is 8.68. The van der Waals surface area contributed by atoms with Crippen LogP contribution in [-0.2, 0) is 14.8 Å². The van der Waals surface area contributed by atoms with E-state index >= 15 is 0 Å². The van der Waals surface area contributed by atoms with Crippen molar-refractivity contribution in [2.24, 2.45) is 5.92 Å². The van der Waals surface area contributed by atoms with Crippen molar-refractivity contribution in [1.29, 1.82) is 0 Å². The SMILES string of the molecule is O=C(Nc1ccc2scnc2c1)C1CCN(S(=O)(=O)c2cccc(OC(F)(F)F)c2)CC1. The molecule has 32 heavy (non-hydrogen) atoms. The monoisotopic (exact) mass is 485 g/mol. The van der Waals surface area contributed by atoms with Crippen molar-refractivity contribution < 1.29 is 31.1 Å². The smallest absolute Gasteiger partial charge is 0.406 e. The highest BCUT2D eigenvalue weighted by Gasteiger charge is 2.34. The number of hydrogen-bond donors (Lipinski definition) is 1. The van der Waals surface area contributed by atoms with E-state index in [-0.39, 0.29) is 29.8 Å². The number of ether oxygens (including phenoxy) is 1. The Balaban J connectivity index is 1.39. The molecule has 3 aromatic rings. The van der Waals surface area contributed by atoms with E-state index in [0.29, 0.717) is 18.5 Å². The van der Waals surface area contributed by atoms with Crippen molar-refractivity contribution in [2.75, 3.05) is 18.4 Å². The summed E-state index contributed by atoms with van der Waals surface area (Å²) in [5, 5.41) is 2.84. The number of piperidine rings is 1. The molecule has 1 aliphatic rings. The van der Waals surface area contributed by atoms with Crippen molar-refractivity contribution >= 4 is 43.2 Å². The van der Waals surface area contributed by atoms with Crippen molar-refractivity contribution in [1.82, 2.24) is 9.29 Å². The molecule has 2 aromatic carbocycles. The number of nitrogens with zero attached hydrogens (tertiary/aromatic N) is 2. The number of carbonyl (C=O) groups excluding carboxylic acids is 1. The normalized spacial score (nSPS) is 16.2. The number of carbonyl (C=O) groups is 1. The van der Waals surface area contributed by atoms with Gasteiger partial charge in [0.2, 0.25) is 15.9 Å². The van der Waals surface area contributed by atoms with E-state index in [1.165, 1.54) is 27.8 Å². The zero-order valence-electron chi connectivity index (χ0n) is 16.5. The Morgan fingerprint density at radius 3 is 2.62 bits per heavy atom. The number of fused-ring (bicyclic) bond motifs is 1. The molecule has 0 atom stereocenters. The van der Waals surface area contributed by atoms with Crippen LogP contribution in [0.2, 0.25) is 0 Å². The molecule has 0 radical (unpaired) electrons. The third-order valence-electron chi connectivity index (χ3n) is 5.10. The maximum Gasteiger partial charge on any atom is 0.573 e. The average Bonchev–Trinajstić information content (AvgIpc) is 3.21. The van der Waals surface area contributed by atoms with Crippen LogP contribution in [0, 0.1) is 5.92 Å². The minimum Gasteiger partial charge on any atom is -0.406 e. The molecule has 2 heterocycles. The molecule has 1 aliphatic heterocycles. The molecule has 1 aromatic heterocycles. The Morgan fingerprint density at radius 2 is 1.91 bits per heavy atom. The van der Waals surface area contributed by atoms with Crippen LogP contribution >= 0.6 is 11.3 Å². The van der Waals surface area contributed by atoms with Gasteiger partial charge in [-0.3, -0.25) is 4.79 Å². The topological polar surface area (TPSA) is 88.6 Å². The van der Waals surface area contributed by atoms with Crippen LogP contribution in [0.15, 0.2) is 52.9 Å². The predicted octanol–water partition coefficient (Wildman–Crippen LogP) is 4.23. The molecule has 7 nitrogen and oxygen atoms in total. The Morgan fingerprint density at radius 1 is 1.16 bits per heavy atom. The molecule has 1 N–H and O–H groups in total. The van der Waals surface area contributed by atoms with Crippen LogP contribution in [-0.4, -0.2) is 43.1 Å². The number of benzene rings is 2. The Labute approximate surface area is 185 Å². The van der Waals surface area contributed by atoms with Crippen LogP contribution in [0.25, 0.3) is 10.2 Å². The summed E-state index contributed by atoms with van der Waals surface area (Å²) in [5.41, 5.74) is 3.12. The van der Waals surface area contributed by atoms with E-state index < -0.39 is 22.1 Å². The van der Waals surface area contributed by atoms with Gasteiger partial charge in [0.05, 0.1) is 20.6 Å². The molecular formula is C20H18F3N3O4S2. The fourth-order valence-corrected chi connectivity index (χ4v) is 5.68. The van der Waals surface area contributed by atoms with Gasteiger partial charge in [-0.2, -0.15) is 4.31 Å². The lowest BCUT2D eigenvalue weighted by molar-refractivity contribution is -0.274. The lowest BCUT2D eigenvalue weighted by Gasteiger charge is -2.30. The summed E-state index contributed by atoms with van der Waals surface area (Å²) < 4.78 is 69.0. The highest BCUT2D eigenvalue weighted by atomic mass is 32.2. The van der Waals surface area contributed by atoms with E-state index in [2.05, 4.69) is 15.0 Å². The van der Waals surface area contributed by atoms with E-state index in [4.69, 9.17) is 0 Å². The molecule has 0 saturated carbocycles. The van der Waals surface area contributed by atoms with Crippen molar-refractivity contribution in [3.05, 3.63) is 48.0 Å². The standard InChI is InChI=1S/C20H18F3N3O4S2/c21-20(22,23)30-15-2-1-3-16(11-15)32(28,29)26-8-6-13(7-9-26)19(27)25-14-4-5-18-17(10-14)24-12-31-18/h1-5,10-13H,6-9H2,(H,25,27). The molecular weight excluding hydrogens is 467 g/mol. The minimum absolute atomic E-state index is 0.0793. The second-order valence-electron chi connectivity index (χ2n) is 7.23. The average molecular weight is 486 g/mol. The van der Waals surface area contributed by atoms with Gasteiger partial charge in [-0.05, 0) is 43.2 Å². The third-order valence-corrected chi connectivity index (χ3v) is 7.80. The fraction of sp³-hybridized carbons (Fsp3) is 0.300. The number of anilines is 1. The van der Waals surface area contributed by atoms with Crippen molar-refractivity contribution in [3.8, 4) is 5.75 Å². The number of amides is 1. The molecule has 1 amide bonds. The lowest BCUT2D eigenvalue weighted by atomic mass is 9.97. The molecule has 0 bridgehead atoms. The summed E-state index contributed by atoms with van der Waals surface area (Å²) in [6, 6.07) is 9.71. The Kier molecular flexibility index (Phi) is 6.10. The van der Waals surface area contributed by atoms with Crippen LogP contribution in [0.4, 0.5) is 18.9 Å². The summed E-state index contributed by atoms with van der Waals surface area (Å²) in [6.45, 7) is 0.159. The van der Waals surface area contributed by atoms with Gasteiger partial charge >= 0.3 is 6.36 Å². The number of nitrogens with one attached hydrogen (secondary N) is 1. The largest absolute Gasteiger partial charge is 0.573 e. The summed E-state index contributed by atoms with van der Waals surface area (Å²) in [7, 11) is -4.02. The molecule has 170 valence electrons. The first-order chi connectivity index (χ1) is 15.1. The maximum atomic E-state index is 12.9. The number of sulfonamides is 1. The van der Waals surface area contributed by atoms with Gasteiger partial charge in [-0.15, -0.1) is 24.5 Å². The van der Waals surface area contributed by atoms with Gasteiger partial charge in [-0.25, -0.2) is 13.4 Å². The maximum absolute atomic E-state index is 12.9. The van der Waals surface area contributed by atoms with E-state index in [1.54, 1.807) is 17.6 Å². The number of alkyl halides is 3. The Bertz CT molecular complexity index is 1240. The number of hydrogen-bond acceptors (Lipinski definition) is 6. The van der Waals surface area contributed by atoms with Crippen molar-refractivity contribution in [2.45, 2.75) is 24.1 Å². The van der Waals surface area contributed by atoms with Gasteiger partial charge in [0, 0.05) is 30.8 Å². The number of halogens is 3. The number of rotatable bonds is 5. The van der Waals surface area contributed by atoms with Crippen molar-refractivity contribution in [3.63, 3.8) is 0 Å². The Hall–Kier alpha value is -2.70. The van der Waals surface area contributed by atoms with E-state index in [0.717, 1.165) is 22.3 Å². The fourth-order valence-electron chi connectivity index (χ4n) is 3.52. The molecule has 0 aliphatic carbocycles. The van der Waals surface area contributed by atoms with Gasteiger partial charge in [0.15, 0.2) is 0 Å². The number of aromatic nitrogens is 1. The molecule has 0 spiro atoms. The highest BCUT2D eigenvalue weighted by Crippen LogP contribution is 2.29. The van der Waals surface area contributed by atoms with Crippen LogP contribution in [0.5, 0.6) is 5.75 Å². The zero-order chi connectivity index (χ0) is 22.9. The molecule has 1 fully saturated rings. The molecule has 0 unspecified atom stereocenters. The lowest BCUT2D eigenvalue weighted by Crippen LogP contribution is -2.41. The second-order valence-corrected chi connectivity index (χ2v) is 10.0. The third kappa shape index (κ3) is 5.03. The van der Waals surface area contributed by atoms with Gasteiger partial charge in [0.25, 0.3) is 0 Å². The summed E-state index contributed by atoms with van der Waals surface area (Å²) in [6.07, 6.45) is -4.33. The zero-order valence-corrected chi connectivity index (χ0v) is 18.1. The first-order valence-electron chi connectivity index (χ1n) is 9.62. The van der Waals surface area contributed by atoms with E-state index in [1.807, 2.05) is 6.07 Å². The van der Waals surface area contributed by atoms with Crippen LogP contribution in [0.3, 0.4) is 0 Å². The molecule has 12 heteroatoms. The summed E-state index contributed by atoms with van der Waals surface area (Å²) >= 11 is 1.50. The van der Waals surface area contributed by atoms with Crippen LogP contribution < -0.4 is 10.1 Å².